The van der Waals surface area contributed by atoms with E-state index in [1.807, 2.05) is 0 Å². The van der Waals surface area contributed by atoms with Crippen molar-refractivity contribution in [2.75, 3.05) is 18.5 Å². The van der Waals surface area contributed by atoms with Gasteiger partial charge in [0.05, 0.1) is 5.02 Å². The molecule has 86 valence electrons. The Morgan fingerprint density at radius 1 is 1.44 bits per heavy atom. The minimum absolute atomic E-state index is 0.125. The van der Waals surface area contributed by atoms with E-state index in [0.29, 0.717) is 10.8 Å². The predicted octanol–water partition coefficient (Wildman–Crippen LogP) is 1.26. The Morgan fingerprint density at radius 3 is 2.75 bits per heavy atom. The van der Waals surface area contributed by atoms with Gasteiger partial charge in [-0.25, -0.2) is 10.8 Å². The van der Waals surface area contributed by atoms with Gasteiger partial charge in [0.15, 0.2) is 0 Å². The molecule has 0 saturated carbocycles. The van der Waals surface area contributed by atoms with E-state index in [1.165, 1.54) is 0 Å². The van der Waals surface area contributed by atoms with Crippen molar-refractivity contribution < 1.29 is 4.79 Å². The maximum absolute atomic E-state index is 12.0. The molecule has 6 heteroatoms. The number of hydrogen-bond donors (Lipinski definition) is 2. The van der Waals surface area contributed by atoms with E-state index in [9.17, 15) is 4.79 Å². The molecule has 16 heavy (non-hydrogen) atoms. The van der Waals surface area contributed by atoms with Crippen LogP contribution in [0.5, 0.6) is 0 Å². The number of likely N-dealkylation sites (tertiary alicyclic amines) is 1. The number of nitrogens with two attached hydrogens (primary N) is 1. The van der Waals surface area contributed by atoms with Gasteiger partial charge in [0, 0.05) is 13.1 Å². The summed E-state index contributed by atoms with van der Waals surface area (Å²) in [5.41, 5.74) is 2.66. The van der Waals surface area contributed by atoms with Crippen LogP contribution in [0.4, 0.5) is 5.82 Å². The Morgan fingerprint density at radius 2 is 2.12 bits per heavy atom. The molecule has 0 radical (unpaired) electrons. The van der Waals surface area contributed by atoms with Gasteiger partial charge < -0.3 is 10.3 Å². The van der Waals surface area contributed by atoms with Crippen LogP contribution in [-0.4, -0.2) is 28.9 Å². The van der Waals surface area contributed by atoms with E-state index in [2.05, 4.69) is 10.4 Å². The molecule has 1 aromatic rings. The topological polar surface area (TPSA) is 71.2 Å². The zero-order valence-electron chi connectivity index (χ0n) is 8.74. The molecule has 1 aliphatic heterocycles. The van der Waals surface area contributed by atoms with Crippen LogP contribution >= 0.6 is 11.6 Å². The molecule has 0 unspecified atom stereocenters. The normalized spacial score (nSPS) is 15.2. The predicted molar refractivity (Wildman–Crippen MR) is 62.2 cm³/mol. The van der Waals surface area contributed by atoms with Gasteiger partial charge in [0.1, 0.15) is 11.5 Å². The van der Waals surface area contributed by atoms with Gasteiger partial charge >= 0.3 is 0 Å². The summed E-state index contributed by atoms with van der Waals surface area (Å²) in [6.45, 7) is 1.55. The first-order valence-electron chi connectivity index (χ1n) is 5.15. The lowest BCUT2D eigenvalue weighted by Crippen LogP contribution is -2.29. The van der Waals surface area contributed by atoms with E-state index >= 15 is 0 Å². The highest BCUT2D eigenvalue weighted by molar-refractivity contribution is 6.33. The fourth-order valence-electron chi connectivity index (χ4n) is 1.74. The second kappa shape index (κ2) is 4.67. The Bertz CT molecular complexity index is 404. The molecule has 2 heterocycles. The second-order valence-corrected chi connectivity index (χ2v) is 4.08. The number of amides is 1. The molecule has 0 aromatic carbocycles. The number of carbonyl (C=O) groups excluding carboxylic acids is 1. The van der Waals surface area contributed by atoms with Crippen LogP contribution in [-0.2, 0) is 0 Å². The monoisotopic (exact) mass is 240 g/mol. The maximum atomic E-state index is 12.0. The Hall–Kier alpha value is -1.33. The number of hydrazine groups is 1. The van der Waals surface area contributed by atoms with Crippen molar-refractivity contribution in [3.8, 4) is 0 Å². The number of halogens is 1. The van der Waals surface area contributed by atoms with Gasteiger partial charge in [-0.2, -0.15) is 0 Å². The van der Waals surface area contributed by atoms with Gasteiger partial charge in [0.2, 0.25) is 0 Å². The molecule has 1 aliphatic rings. The first-order valence-corrected chi connectivity index (χ1v) is 5.52. The number of anilines is 1. The summed E-state index contributed by atoms with van der Waals surface area (Å²) in [6.07, 6.45) is 2.08. The van der Waals surface area contributed by atoms with Gasteiger partial charge in [-0.05, 0) is 25.0 Å². The number of carbonyl (C=O) groups is 1. The highest BCUT2D eigenvalue weighted by Gasteiger charge is 2.22. The van der Waals surface area contributed by atoms with Crippen molar-refractivity contribution in [3.63, 3.8) is 0 Å². The SMILES string of the molecule is NNc1ccc(Cl)c(C(=O)N2CCCC2)n1. The quantitative estimate of drug-likeness (QED) is 0.603. The van der Waals surface area contributed by atoms with Crippen LogP contribution in [0, 0.1) is 0 Å². The molecule has 3 N–H and O–H groups in total. The minimum Gasteiger partial charge on any atom is -0.337 e. The van der Waals surface area contributed by atoms with Crippen LogP contribution in [0.1, 0.15) is 23.3 Å². The lowest BCUT2D eigenvalue weighted by Gasteiger charge is -2.15. The van der Waals surface area contributed by atoms with Gasteiger partial charge in [-0.15, -0.1) is 0 Å². The summed E-state index contributed by atoms with van der Waals surface area (Å²) < 4.78 is 0. The number of pyridine rings is 1. The first kappa shape index (κ1) is 11.2. The molecule has 1 saturated heterocycles. The summed E-state index contributed by atoms with van der Waals surface area (Å²) in [5.74, 6) is 5.55. The Labute approximate surface area is 98.6 Å². The van der Waals surface area contributed by atoms with Crippen molar-refractivity contribution in [3.05, 3.63) is 22.8 Å². The van der Waals surface area contributed by atoms with Crippen molar-refractivity contribution in [2.24, 2.45) is 5.84 Å². The van der Waals surface area contributed by atoms with Gasteiger partial charge in [-0.3, -0.25) is 4.79 Å². The number of aromatic nitrogens is 1. The number of nitrogen functional groups attached to an aromatic ring is 1. The molecule has 1 fully saturated rings. The van der Waals surface area contributed by atoms with Crippen molar-refractivity contribution in [1.29, 1.82) is 0 Å². The fourth-order valence-corrected chi connectivity index (χ4v) is 1.93. The van der Waals surface area contributed by atoms with E-state index in [4.69, 9.17) is 17.4 Å². The lowest BCUT2D eigenvalue weighted by atomic mass is 10.3. The molecule has 0 bridgehead atoms. The standard InChI is InChI=1S/C10H13ClN4O/c11-7-3-4-8(14-12)13-9(7)10(16)15-5-1-2-6-15/h3-4H,1-2,5-6,12H2,(H,13,14). The van der Waals surface area contributed by atoms with Crippen LogP contribution in [0.15, 0.2) is 12.1 Å². The number of nitrogens with zero attached hydrogens (tertiary/aromatic N) is 2. The number of rotatable bonds is 2. The third-order valence-electron chi connectivity index (χ3n) is 2.59. The lowest BCUT2D eigenvalue weighted by molar-refractivity contribution is 0.0787. The Kier molecular flexibility index (Phi) is 3.26. The van der Waals surface area contributed by atoms with Crippen molar-refractivity contribution in [2.45, 2.75) is 12.8 Å². The first-order chi connectivity index (χ1) is 7.72. The molecule has 0 spiro atoms. The van der Waals surface area contributed by atoms with Gasteiger partial charge in [0.25, 0.3) is 5.91 Å². The Balaban J connectivity index is 2.27. The third kappa shape index (κ3) is 2.10. The average molecular weight is 241 g/mol. The maximum Gasteiger partial charge on any atom is 0.274 e. The smallest absolute Gasteiger partial charge is 0.274 e. The summed E-state index contributed by atoms with van der Waals surface area (Å²) in [7, 11) is 0. The number of hydrogen-bond acceptors (Lipinski definition) is 4. The molecule has 1 amide bonds. The third-order valence-corrected chi connectivity index (χ3v) is 2.89. The van der Waals surface area contributed by atoms with E-state index < -0.39 is 0 Å². The molecule has 0 aliphatic carbocycles. The largest absolute Gasteiger partial charge is 0.337 e. The van der Waals surface area contributed by atoms with Crippen molar-refractivity contribution >= 4 is 23.3 Å². The minimum atomic E-state index is -0.125. The van der Waals surface area contributed by atoms with E-state index in [1.54, 1.807) is 17.0 Å². The second-order valence-electron chi connectivity index (χ2n) is 3.67. The molecule has 1 aromatic heterocycles. The van der Waals surface area contributed by atoms with Gasteiger partial charge in [-0.1, -0.05) is 11.6 Å². The summed E-state index contributed by atoms with van der Waals surface area (Å²) in [6, 6.07) is 3.25. The van der Waals surface area contributed by atoms with Crippen LogP contribution in [0.25, 0.3) is 0 Å². The highest BCUT2D eigenvalue weighted by Crippen LogP contribution is 2.20. The molecular formula is C10H13ClN4O. The van der Waals surface area contributed by atoms with Crippen LogP contribution in [0.3, 0.4) is 0 Å². The molecule has 0 atom stereocenters. The molecule has 5 nitrogen and oxygen atoms in total. The van der Waals surface area contributed by atoms with Crippen LogP contribution < -0.4 is 11.3 Å². The summed E-state index contributed by atoms with van der Waals surface area (Å²) in [5, 5.41) is 0.357. The summed E-state index contributed by atoms with van der Waals surface area (Å²) in [4.78, 5) is 17.9. The fraction of sp³-hybridized carbons (Fsp3) is 0.400. The zero-order chi connectivity index (χ0) is 11.5. The summed E-state index contributed by atoms with van der Waals surface area (Å²) >= 11 is 5.95. The van der Waals surface area contributed by atoms with Crippen LogP contribution in [0.2, 0.25) is 5.02 Å². The van der Waals surface area contributed by atoms with Crippen molar-refractivity contribution in [1.82, 2.24) is 9.88 Å². The highest BCUT2D eigenvalue weighted by atomic mass is 35.5. The van der Waals surface area contributed by atoms with E-state index in [0.717, 1.165) is 25.9 Å². The molecular weight excluding hydrogens is 228 g/mol. The average Bonchev–Trinajstić information content (AvgIpc) is 2.82. The van der Waals surface area contributed by atoms with E-state index in [-0.39, 0.29) is 11.6 Å². The number of nitrogens with one attached hydrogen (secondary N) is 1. The zero-order valence-corrected chi connectivity index (χ0v) is 9.50. The molecule has 2 rings (SSSR count).